The molecule has 2 aromatic rings. The highest BCUT2D eigenvalue weighted by atomic mass is 16.5. The van der Waals surface area contributed by atoms with Crippen molar-refractivity contribution in [3.05, 3.63) is 59.2 Å². The second-order valence-electron chi connectivity index (χ2n) is 8.44. The maximum Gasteiger partial charge on any atom is 0.127 e. The number of ether oxygens (including phenoxy) is 2. The van der Waals surface area contributed by atoms with Crippen molar-refractivity contribution in [1.82, 2.24) is 5.32 Å². The van der Waals surface area contributed by atoms with E-state index in [1.54, 1.807) is 0 Å². The Morgan fingerprint density at radius 1 is 0.742 bits per heavy atom. The maximum atomic E-state index is 6.18. The van der Waals surface area contributed by atoms with Gasteiger partial charge in [0.1, 0.15) is 11.5 Å². The molecule has 172 valence electrons. The molecular formula is C28H43NO2. The molecule has 0 unspecified atom stereocenters. The van der Waals surface area contributed by atoms with Gasteiger partial charge < -0.3 is 14.8 Å². The minimum absolute atomic E-state index is 0.774. The van der Waals surface area contributed by atoms with Crippen molar-refractivity contribution in [1.29, 1.82) is 0 Å². The quantitative estimate of drug-likeness (QED) is 0.271. The van der Waals surface area contributed by atoms with Gasteiger partial charge in [0.15, 0.2) is 0 Å². The molecule has 0 spiro atoms. The lowest BCUT2D eigenvalue weighted by Gasteiger charge is -2.15. The molecule has 3 nitrogen and oxygen atoms in total. The van der Waals surface area contributed by atoms with Crippen LogP contribution in [0.2, 0.25) is 0 Å². The summed E-state index contributed by atoms with van der Waals surface area (Å²) in [6, 6.07) is 14.9. The molecule has 0 atom stereocenters. The zero-order valence-electron chi connectivity index (χ0n) is 20.1. The summed E-state index contributed by atoms with van der Waals surface area (Å²) in [5.74, 6) is 1.88. The second-order valence-corrected chi connectivity index (χ2v) is 8.44. The van der Waals surface area contributed by atoms with Gasteiger partial charge in [0.2, 0.25) is 0 Å². The van der Waals surface area contributed by atoms with Gasteiger partial charge in [-0.05, 0) is 49.9 Å². The van der Waals surface area contributed by atoms with Crippen LogP contribution in [0.1, 0.15) is 81.9 Å². The largest absolute Gasteiger partial charge is 0.493 e. The smallest absolute Gasteiger partial charge is 0.127 e. The number of unbranched alkanes of at least 4 members (excludes halogenated alkanes) is 6. The van der Waals surface area contributed by atoms with Crippen LogP contribution in [0.15, 0.2) is 42.5 Å². The lowest BCUT2D eigenvalue weighted by atomic mass is 10.1. The molecule has 0 fully saturated rings. The van der Waals surface area contributed by atoms with E-state index in [1.807, 2.05) is 0 Å². The Kier molecular flexibility index (Phi) is 12.8. The molecule has 0 bridgehead atoms. The van der Waals surface area contributed by atoms with Crippen molar-refractivity contribution in [3.63, 3.8) is 0 Å². The molecule has 0 aromatic heterocycles. The Hall–Kier alpha value is -2.00. The van der Waals surface area contributed by atoms with E-state index in [-0.39, 0.29) is 0 Å². The maximum absolute atomic E-state index is 6.18. The van der Waals surface area contributed by atoms with Crippen molar-refractivity contribution in [2.75, 3.05) is 19.8 Å². The van der Waals surface area contributed by atoms with Crippen LogP contribution in [0.5, 0.6) is 11.5 Å². The highest BCUT2D eigenvalue weighted by molar-refractivity contribution is 5.40. The average molecular weight is 426 g/mol. The summed E-state index contributed by atoms with van der Waals surface area (Å²) in [7, 11) is 0. The molecule has 31 heavy (non-hydrogen) atoms. The van der Waals surface area contributed by atoms with Crippen molar-refractivity contribution in [2.45, 2.75) is 85.1 Å². The fourth-order valence-corrected chi connectivity index (χ4v) is 3.67. The molecule has 0 saturated heterocycles. The third kappa shape index (κ3) is 10.2. The zero-order chi connectivity index (χ0) is 22.2. The van der Waals surface area contributed by atoms with E-state index in [1.165, 1.54) is 55.2 Å². The van der Waals surface area contributed by atoms with Gasteiger partial charge in [-0.1, -0.05) is 82.7 Å². The minimum Gasteiger partial charge on any atom is -0.493 e. The normalized spacial score (nSPS) is 10.9. The van der Waals surface area contributed by atoms with Crippen molar-refractivity contribution < 1.29 is 9.47 Å². The molecule has 0 aliphatic rings. The Balaban J connectivity index is 1.87. The first kappa shape index (κ1) is 25.3. The third-order valence-corrected chi connectivity index (χ3v) is 5.71. The van der Waals surface area contributed by atoms with Gasteiger partial charge in [-0.3, -0.25) is 0 Å². The standard InChI is InChI=1S/C28H43NO2/c1-4-6-8-12-20-30-27-17-16-26(28(22-27)31-21-13-9-7-5-2)23-29-19-18-25-15-11-10-14-24(25)3/h10-11,14-17,22,29H,4-9,12-13,18-21,23H2,1-3H3. The van der Waals surface area contributed by atoms with E-state index in [9.17, 15) is 0 Å². The number of hydrogen-bond donors (Lipinski definition) is 1. The highest BCUT2D eigenvalue weighted by Gasteiger charge is 2.07. The first-order chi connectivity index (χ1) is 15.2. The fraction of sp³-hybridized carbons (Fsp3) is 0.571. The van der Waals surface area contributed by atoms with E-state index in [4.69, 9.17) is 9.47 Å². The molecule has 2 aromatic carbocycles. The molecule has 0 aliphatic carbocycles. The highest BCUT2D eigenvalue weighted by Crippen LogP contribution is 2.26. The Bertz CT molecular complexity index is 729. The van der Waals surface area contributed by atoms with E-state index in [0.717, 1.165) is 57.1 Å². The van der Waals surface area contributed by atoms with Crippen LogP contribution in [0.25, 0.3) is 0 Å². The molecule has 1 N–H and O–H groups in total. The molecule has 0 radical (unpaired) electrons. The molecular weight excluding hydrogens is 382 g/mol. The molecule has 0 heterocycles. The Morgan fingerprint density at radius 3 is 2.16 bits per heavy atom. The summed E-state index contributed by atoms with van der Waals surface area (Å²) in [5.41, 5.74) is 3.98. The van der Waals surface area contributed by atoms with Gasteiger partial charge in [0.25, 0.3) is 0 Å². The number of rotatable bonds is 17. The molecule has 2 rings (SSSR count). The van der Waals surface area contributed by atoms with Gasteiger partial charge in [0.05, 0.1) is 13.2 Å². The monoisotopic (exact) mass is 425 g/mol. The lowest BCUT2D eigenvalue weighted by Crippen LogP contribution is -2.18. The predicted octanol–water partition coefficient (Wildman–Crippen LogP) is 7.25. The summed E-state index contributed by atoms with van der Waals surface area (Å²) in [5, 5.41) is 3.59. The van der Waals surface area contributed by atoms with Crippen molar-refractivity contribution in [3.8, 4) is 11.5 Å². The molecule has 0 aliphatic heterocycles. The minimum atomic E-state index is 0.774. The Labute approximate surface area is 190 Å². The van der Waals surface area contributed by atoms with E-state index < -0.39 is 0 Å². The molecule has 0 amide bonds. The van der Waals surface area contributed by atoms with Crippen LogP contribution in [-0.2, 0) is 13.0 Å². The van der Waals surface area contributed by atoms with E-state index in [2.05, 4.69) is 68.6 Å². The predicted molar refractivity (Wildman–Crippen MR) is 132 cm³/mol. The fourth-order valence-electron chi connectivity index (χ4n) is 3.67. The lowest BCUT2D eigenvalue weighted by molar-refractivity contribution is 0.288. The van der Waals surface area contributed by atoms with Crippen LogP contribution in [-0.4, -0.2) is 19.8 Å². The van der Waals surface area contributed by atoms with Crippen LogP contribution >= 0.6 is 0 Å². The third-order valence-electron chi connectivity index (χ3n) is 5.71. The zero-order valence-corrected chi connectivity index (χ0v) is 20.1. The van der Waals surface area contributed by atoms with Gasteiger partial charge in [-0.2, -0.15) is 0 Å². The van der Waals surface area contributed by atoms with Crippen LogP contribution in [0, 0.1) is 6.92 Å². The SMILES string of the molecule is CCCCCCOc1ccc(CNCCc2ccccc2C)c(OCCCCCC)c1. The summed E-state index contributed by atoms with van der Waals surface area (Å²) < 4.78 is 12.2. The topological polar surface area (TPSA) is 30.5 Å². The van der Waals surface area contributed by atoms with Crippen LogP contribution in [0.4, 0.5) is 0 Å². The van der Waals surface area contributed by atoms with Crippen molar-refractivity contribution >= 4 is 0 Å². The average Bonchev–Trinajstić information content (AvgIpc) is 2.78. The number of hydrogen-bond acceptors (Lipinski definition) is 3. The van der Waals surface area contributed by atoms with Crippen molar-refractivity contribution in [2.24, 2.45) is 0 Å². The summed E-state index contributed by atoms with van der Waals surface area (Å²) in [6.45, 7) is 9.98. The first-order valence-corrected chi connectivity index (χ1v) is 12.4. The van der Waals surface area contributed by atoms with Crippen LogP contribution < -0.4 is 14.8 Å². The molecule has 0 saturated carbocycles. The van der Waals surface area contributed by atoms with Crippen LogP contribution in [0.3, 0.4) is 0 Å². The summed E-state index contributed by atoms with van der Waals surface area (Å²) >= 11 is 0. The molecule has 3 heteroatoms. The van der Waals surface area contributed by atoms with Gasteiger partial charge in [0, 0.05) is 18.2 Å². The van der Waals surface area contributed by atoms with Gasteiger partial charge in [-0.25, -0.2) is 0 Å². The summed E-state index contributed by atoms with van der Waals surface area (Å²) in [6.07, 6.45) is 10.8. The van der Waals surface area contributed by atoms with E-state index in [0.29, 0.717) is 0 Å². The second kappa shape index (κ2) is 15.8. The number of aryl methyl sites for hydroxylation is 1. The Morgan fingerprint density at radius 2 is 1.45 bits per heavy atom. The number of benzene rings is 2. The first-order valence-electron chi connectivity index (χ1n) is 12.4. The van der Waals surface area contributed by atoms with Gasteiger partial charge in [-0.15, -0.1) is 0 Å². The number of nitrogens with one attached hydrogen (secondary N) is 1. The van der Waals surface area contributed by atoms with E-state index >= 15 is 0 Å². The summed E-state index contributed by atoms with van der Waals surface area (Å²) in [4.78, 5) is 0. The van der Waals surface area contributed by atoms with Gasteiger partial charge >= 0.3 is 0 Å².